The molecule has 0 bridgehead atoms. The van der Waals surface area contributed by atoms with Gasteiger partial charge in [-0.3, -0.25) is 0 Å². The standard InChI is InChI=1S/C47H46N4OSi2/c1-45(2)29-16-11-13-18-33(29)48-35-20-15-21-38-41(35)47-42-43(48)31(45)26-32-44(42)49(34-19-14-12-17-30(34)46(32,3)4)39-24-27(53(5,6)7)22-36(50(39)47)37-23-28(54(8,9)10)25-40(52-38)51(37)47/h11-26H,1-10H3/q+2. The fourth-order valence-corrected chi connectivity index (χ4v) is 13.3. The van der Waals surface area contributed by atoms with Gasteiger partial charge in [-0.2, -0.15) is 4.90 Å². The van der Waals surface area contributed by atoms with Crippen LogP contribution in [-0.4, -0.2) is 16.1 Å². The normalized spacial score (nSPS) is 20.1. The molecule has 0 radical (unpaired) electrons. The van der Waals surface area contributed by atoms with Crippen LogP contribution >= 0.6 is 0 Å². The second-order valence-corrected chi connectivity index (χ2v) is 29.7. The molecule has 12 rings (SSSR count). The highest BCUT2D eigenvalue weighted by Crippen LogP contribution is 2.69. The van der Waals surface area contributed by atoms with Crippen molar-refractivity contribution in [2.75, 3.05) is 9.80 Å². The van der Waals surface area contributed by atoms with E-state index in [9.17, 15) is 0 Å². The van der Waals surface area contributed by atoms with E-state index >= 15 is 0 Å². The Balaban J connectivity index is 1.39. The van der Waals surface area contributed by atoms with E-state index in [1.807, 2.05) is 0 Å². The number of ether oxygens (including phenoxy) is 1. The Morgan fingerprint density at radius 3 is 1.69 bits per heavy atom. The predicted molar refractivity (Wildman–Crippen MR) is 223 cm³/mol. The van der Waals surface area contributed by atoms with Crippen LogP contribution in [0.5, 0.6) is 11.6 Å². The van der Waals surface area contributed by atoms with Crippen molar-refractivity contribution in [3.05, 3.63) is 130 Å². The molecule has 7 heteroatoms. The molecule has 266 valence electrons. The molecule has 0 fully saturated rings. The lowest BCUT2D eigenvalue weighted by Gasteiger charge is -2.52. The minimum Gasteiger partial charge on any atom is -0.404 e. The van der Waals surface area contributed by atoms with Crippen LogP contribution in [0.3, 0.4) is 0 Å². The van der Waals surface area contributed by atoms with Crippen molar-refractivity contribution < 1.29 is 13.9 Å². The molecular formula is C47H46N4OSi2+2. The van der Waals surface area contributed by atoms with E-state index in [1.165, 1.54) is 89.4 Å². The van der Waals surface area contributed by atoms with E-state index in [-0.39, 0.29) is 10.8 Å². The maximum atomic E-state index is 7.25. The Labute approximate surface area is 320 Å². The highest BCUT2D eigenvalue weighted by atomic mass is 28.3. The first kappa shape index (κ1) is 31.4. The quantitative estimate of drug-likeness (QED) is 0.130. The van der Waals surface area contributed by atoms with Crippen LogP contribution in [0.4, 0.5) is 34.3 Å². The number of hydrogen-bond acceptors (Lipinski definition) is 3. The van der Waals surface area contributed by atoms with Gasteiger partial charge in [-0.25, -0.2) is 0 Å². The Kier molecular flexibility index (Phi) is 5.28. The number of aromatic nitrogens is 2. The van der Waals surface area contributed by atoms with Crippen molar-refractivity contribution in [1.82, 2.24) is 0 Å². The van der Waals surface area contributed by atoms with Crippen molar-refractivity contribution in [2.24, 2.45) is 0 Å². The Hall–Kier alpha value is -4.99. The Morgan fingerprint density at radius 2 is 1.06 bits per heavy atom. The maximum absolute atomic E-state index is 7.25. The molecular weight excluding hydrogens is 693 g/mol. The molecule has 8 heterocycles. The van der Waals surface area contributed by atoms with Gasteiger partial charge in [0.15, 0.2) is 11.4 Å². The van der Waals surface area contributed by atoms with Crippen LogP contribution in [0.2, 0.25) is 39.3 Å². The molecule has 5 nitrogen and oxygen atoms in total. The minimum absolute atomic E-state index is 0.241. The third kappa shape index (κ3) is 3.25. The molecule has 1 atom stereocenters. The lowest BCUT2D eigenvalue weighted by molar-refractivity contribution is -0.936. The van der Waals surface area contributed by atoms with E-state index in [0.717, 1.165) is 11.6 Å². The fourth-order valence-electron chi connectivity index (χ4n) is 11.1. The van der Waals surface area contributed by atoms with Gasteiger partial charge in [-0.05, 0) is 57.9 Å². The molecule has 0 saturated carbocycles. The van der Waals surface area contributed by atoms with Gasteiger partial charge in [-0.1, -0.05) is 109 Å². The summed E-state index contributed by atoms with van der Waals surface area (Å²) in [6.07, 6.45) is 0. The predicted octanol–water partition coefficient (Wildman–Crippen LogP) is 9.58. The molecule has 1 unspecified atom stereocenters. The van der Waals surface area contributed by atoms with Crippen LogP contribution in [0.25, 0.3) is 11.4 Å². The summed E-state index contributed by atoms with van der Waals surface area (Å²) in [7, 11) is -3.56. The van der Waals surface area contributed by atoms with Gasteiger partial charge in [0.25, 0.3) is 11.5 Å². The van der Waals surface area contributed by atoms with Gasteiger partial charge in [0.2, 0.25) is 5.69 Å². The molecule has 6 aliphatic heterocycles. The monoisotopic (exact) mass is 738 g/mol. The number of nitrogens with zero attached hydrogens (tertiary/aromatic N) is 4. The maximum Gasteiger partial charge on any atom is 0.378 e. The van der Waals surface area contributed by atoms with Crippen LogP contribution in [0.15, 0.2) is 97.1 Å². The number of pyridine rings is 2. The SMILES string of the molecule is CC1(C)c2ccccc2N2c3cccc4c3C35c6c2c1cc1c6N(c2ccccc2C1(C)C)c1cc([Si](C)(C)C)cc([n+]13)-c1cc([Si](C)(C)C)cc([n+]15)O4. The third-order valence-corrected chi connectivity index (χ3v) is 17.9. The van der Waals surface area contributed by atoms with Crippen molar-refractivity contribution >= 4 is 60.8 Å². The van der Waals surface area contributed by atoms with Crippen LogP contribution in [0, 0.1) is 0 Å². The molecule has 0 N–H and O–H groups in total. The highest BCUT2D eigenvalue weighted by Gasteiger charge is 2.75. The smallest absolute Gasteiger partial charge is 0.378 e. The van der Waals surface area contributed by atoms with Gasteiger partial charge in [0, 0.05) is 34.1 Å². The Morgan fingerprint density at radius 1 is 0.519 bits per heavy atom. The number of fused-ring (bicyclic) bond motifs is 7. The van der Waals surface area contributed by atoms with E-state index in [2.05, 4.69) is 183 Å². The summed E-state index contributed by atoms with van der Waals surface area (Å²) in [5.74, 6) is 3.14. The van der Waals surface area contributed by atoms with Crippen molar-refractivity contribution in [3.8, 4) is 23.0 Å². The van der Waals surface area contributed by atoms with Crippen molar-refractivity contribution in [2.45, 2.75) is 83.5 Å². The largest absolute Gasteiger partial charge is 0.404 e. The van der Waals surface area contributed by atoms with Crippen molar-refractivity contribution in [3.63, 3.8) is 0 Å². The van der Waals surface area contributed by atoms with Crippen LogP contribution in [0.1, 0.15) is 61.1 Å². The third-order valence-electron chi connectivity index (χ3n) is 13.8. The van der Waals surface area contributed by atoms with Crippen molar-refractivity contribution in [1.29, 1.82) is 0 Å². The van der Waals surface area contributed by atoms with Gasteiger partial charge in [0.1, 0.15) is 16.8 Å². The second kappa shape index (κ2) is 9.10. The zero-order valence-electron chi connectivity index (χ0n) is 32.9. The van der Waals surface area contributed by atoms with Gasteiger partial charge in [0.05, 0.1) is 39.3 Å². The summed E-state index contributed by atoms with van der Waals surface area (Å²) in [5.41, 5.74) is 15.9. The molecule has 0 aliphatic carbocycles. The zero-order valence-corrected chi connectivity index (χ0v) is 34.9. The van der Waals surface area contributed by atoms with Gasteiger partial charge in [-0.15, -0.1) is 9.13 Å². The van der Waals surface area contributed by atoms with E-state index in [1.54, 1.807) is 0 Å². The summed E-state index contributed by atoms with van der Waals surface area (Å²) in [6.45, 7) is 24.7. The average molecular weight is 739 g/mol. The molecule has 1 spiro atoms. The number of benzene rings is 4. The molecule has 0 saturated heterocycles. The summed E-state index contributed by atoms with van der Waals surface area (Å²) in [6, 6.07) is 37.8. The molecule has 0 amide bonds. The highest BCUT2D eigenvalue weighted by molar-refractivity contribution is 6.89. The number of anilines is 6. The molecule has 4 aromatic carbocycles. The van der Waals surface area contributed by atoms with E-state index in [4.69, 9.17) is 4.74 Å². The Bertz CT molecular complexity index is 2810. The summed E-state index contributed by atoms with van der Waals surface area (Å²) in [5, 5.41) is 2.89. The average Bonchev–Trinajstić information content (AvgIpc) is 3.42. The first-order valence-corrected chi connectivity index (χ1v) is 26.6. The van der Waals surface area contributed by atoms with Gasteiger partial charge >= 0.3 is 11.5 Å². The molecule has 54 heavy (non-hydrogen) atoms. The van der Waals surface area contributed by atoms with Crippen LogP contribution < -0.4 is 34.0 Å². The van der Waals surface area contributed by atoms with Gasteiger partial charge < -0.3 is 9.64 Å². The van der Waals surface area contributed by atoms with E-state index in [0.29, 0.717) is 0 Å². The number of rotatable bonds is 2. The minimum atomic E-state index is -1.80. The topological polar surface area (TPSA) is 23.5 Å². The lowest BCUT2D eigenvalue weighted by atomic mass is 9.64. The summed E-state index contributed by atoms with van der Waals surface area (Å²) >= 11 is 0. The summed E-state index contributed by atoms with van der Waals surface area (Å²) < 4.78 is 12.6. The molecule has 2 aromatic heterocycles. The fraction of sp³-hybridized carbons (Fsp3) is 0.277. The zero-order chi connectivity index (χ0) is 37.2. The summed E-state index contributed by atoms with van der Waals surface area (Å²) in [4.78, 5) is 5.27. The lowest BCUT2D eigenvalue weighted by Crippen LogP contribution is -2.76. The molecule has 6 aromatic rings. The number of hydrogen-bond donors (Lipinski definition) is 0. The molecule has 6 aliphatic rings. The first-order chi connectivity index (χ1) is 25.6. The second-order valence-electron chi connectivity index (χ2n) is 19.5. The van der Waals surface area contributed by atoms with Crippen LogP contribution in [-0.2, 0) is 16.5 Å². The first-order valence-electron chi connectivity index (χ1n) is 19.6. The van der Waals surface area contributed by atoms with E-state index < -0.39 is 21.8 Å². The number of para-hydroxylation sites is 2.